The van der Waals surface area contributed by atoms with Crippen LogP contribution in [0.4, 0.5) is 20.1 Å². The molecule has 6 aromatic carbocycles. The first-order chi connectivity index (χ1) is 63.3. The number of thiazole rings is 2. The van der Waals surface area contributed by atoms with Crippen LogP contribution in [-0.4, -0.2) is 213 Å². The van der Waals surface area contributed by atoms with Crippen molar-refractivity contribution in [3.05, 3.63) is 280 Å². The van der Waals surface area contributed by atoms with Crippen LogP contribution < -0.4 is 51.5 Å². The van der Waals surface area contributed by atoms with Crippen molar-refractivity contribution in [3.8, 4) is 10.6 Å². The number of carbonyl (C=O) groups excluding carboxylic acids is 6. The van der Waals surface area contributed by atoms with Gasteiger partial charge >= 0.3 is 0 Å². The van der Waals surface area contributed by atoms with Gasteiger partial charge in [-0.3, -0.25) is 33.8 Å². The maximum atomic E-state index is 13.0. The predicted octanol–water partition coefficient (Wildman–Crippen LogP) is 16.2. The number of hydrogen-bond donors (Lipinski definition) is 7. The zero-order chi connectivity index (χ0) is 90.1. The molecule has 9 aliphatic heterocycles. The number of benzene rings is 6. The minimum Gasteiger partial charge on any atom is -0.392 e. The van der Waals surface area contributed by atoms with Gasteiger partial charge in [0.25, 0.3) is 29.5 Å². The van der Waals surface area contributed by atoms with E-state index >= 15 is 0 Å². The summed E-state index contributed by atoms with van der Waals surface area (Å²) in [5, 5.41) is 38.0. The van der Waals surface area contributed by atoms with Gasteiger partial charge in [-0.2, -0.15) is 0 Å². The molecule has 25 nitrogen and oxygen atoms in total. The van der Waals surface area contributed by atoms with Gasteiger partial charge in [0.2, 0.25) is 5.91 Å². The van der Waals surface area contributed by atoms with Gasteiger partial charge in [0.15, 0.2) is 5.13 Å². The molecule has 0 saturated carbocycles. The van der Waals surface area contributed by atoms with E-state index in [0.717, 1.165) is 184 Å². The second-order valence-corrected chi connectivity index (χ2v) is 39.6. The van der Waals surface area contributed by atoms with E-state index in [1.165, 1.54) is 61.7 Å². The fourth-order valence-electron chi connectivity index (χ4n) is 17.4. The zero-order valence-electron chi connectivity index (χ0n) is 71.0. The van der Waals surface area contributed by atoms with Crippen molar-refractivity contribution >= 4 is 185 Å². The van der Waals surface area contributed by atoms with E-state index in [0.29, 0.717) is 109 Å². The summed E-state index contributed by atoms with van der Waals surface area (Å²) in [6.07, 6.45) is 2.62. The third kappa shape index (κ3) is 20.8. The van der Waals surface area contributed by atoms with Gasteiger partial charge in [-0.15, -0.1) is 45.3 Å². The number of thiophene rings is 3. The number of carbonyl (C=O) groups is 6. The Balaban J connectivity index is 0.000000114. The Morgan fingerprint density at radius 3 is 1.58 bits per heavy atom. The fraction of sp³-hybridized carbons (Fsp3) is 0.337. The Bertz CT molecular complexity index is 6080. The lowest BCUT2D eigenvalue weighted by Crippen LogP contribution is -2.53. The Morgan fingerprint density at radius 2 is 1.00 bits per heavy atom. The highest BCUT2D eigenvalue weighted by Gasteiger charge is 2.43. The zero-order valence-corrected chi connectivity index (χ0v) is 79.7. The topological polar surface area (TPSA) is 293 Å². The van der Waals surface area contributed by atoms with Crippen LogP contribution in [-0.2, 0) is 35.1 Å². The lowest BCUT2D eigenvalue weighted by atomic mass is 9.82. The van der Waals surface area contributed by atoms with Gasteiger partial charge in [-0.25, -0.2) is 9.97 Å². The van der Waals surface area contributed by atoms with E-state index in [4.69, 9.17) is 80.1 Å². The van der Waals surface area contributed by atoms with E-state index in [2.05, 4.69) is 109 Å². The monoisotopic (exact) mass is 1990 g/mol. The number of aliphatic hydroxyl groups is 1. The van der Waals surface area contributed by atoms with Crippen LogP contribution in [0.5, 0.6) is 0 Å². The number of morpholine rings is 4. The standard InChI is InChI=1S/C22H17N3OS.C21H24ClN3O4S.C18H19ClN2O3S.C17H16BrClN2O2S.C17H18ClN3O2S/c1-13-10-17(8-9-23-13)22-25-19-18(12-24-21(26)20(19)27-22)16-7-6-14-4-2-3-5-15(14)11-16;1-28-9-6-23-20(26)18-17(13-2-4-14(22)5-3-13)15-12-16(25-7-10-29-11-8-25)30-19(15)21(27)24-18;19-12-3-1-11(2-4-12)13-9-20-17(23)16-15(13)14(10-22)18(25-16)21-5-7-24-8-6-21;18-14-13-12(10-1-3-11(19)4-2-10)9-20-16(22)15(13)24-17(14)21-5-7-23-8-6-21;18-12-3-1-11(2-4-12)13-5-6-19-16(22)15-14(13)20-17(24-15)21-7-9-23-10-8-21/h2-11,18H,12H2,1H3,(H,24,26);2-5,12,17-18H,6-11H2,1H3,(H,23,26)(H,24,27);1-4,13,22H,5-10H2,(H,20,23);1-4,12H,5-9H2,(H,20,22);1-4,13H,5-10H2,(H,19,22)/t;17-,18-;;;/m.1.../s1. The third-order valence-electron chi connectivity index (χ3n) is 24.0. The number of aliphatic hydroxyl groups excluding tert-OH is 1. The number of aromatic nitrogens is 3. The van der Waals surface area contributed by atoms with Crippen LogP contribution in [0.15, 0.2) is 168 Å². The molecule has 130 heavy (non-hydrogen) atoms. The number of amides is 6. The third-order valence-corrected chi connectivity index (χ3v) is 32.1. The predicted molar refractivity (Wildman–Crippen MR) is 520 cm³/mol. The quantitative estimate of drug-likeness (QED) is 0.0469. The van der Waals surface area contributed by atoms with Gasteiger partial charge in [-0.1, -0.05) is 149 Å². The number of halogens is 5. The summed E-state index contributed by atoms with van der Waals surface area (Å²) in [6.45, 7) is 17.0. The maximum absolute atomic E-state index is 13.0. The van der Waals surface area contributed by atoms with Crippen LogP contribution in [0.1, 0.15) is 152 Å². The molecule has 6 amide bonds. The summed E-state index contributed by atoms with van der Waals surface area (Å²) in [6, 6.07) is 51.0. The molecule has 6 atom stereocenters. The number of fused-ring (bicyclic) bond motifs is 6. The molecule has 15 heterocycles. The lowest BCUT2D eigenvalue weighted by Gasteiger charge is -2.32. The molecule has 676 valence electrons. The van der Waals surface area contributed by atoms with Gasteiger partial charge < -0.3 is 80.3 Å². The molecule has 4 saturated heterocycles. The number of pyridine rings is 1. The molecule has 12 aromatic rings. The first-order valence-corrected chi connectivity index (χ1v) is 49.4. The largest absolute Gasteiger partial charge is 0.392 e. The second-order valence-electron chi connectivity index (χ2n) is 32.1. The highest BCUT2D eigenvalue weighted by atomic mass is 79.9. The summed E-state index contributed by atoms with van der Waals surface area (Å²) in [4.78, 5) is 102. The van der Waals surface area contributed by atoms with Crippen molar-refractivity contribution in [1.82, 2.24) is 46.9 Å². The average molecular weight is 1990 g/mol. The van der Waals surface area contributed by atoms with Gasteiger partial charge in [0.05, 0.1) is 107 Å². The number of nitrogens with one attached hydrogen (secondary N) is 6. The smallest absolute Gasteiger partial charge is 0.263 e. The summed E-state index contributed by atoms with van der Waals surface area (Å²) in [5.41, 5.74) is 13.0. The molecule has 4 unspecified atom stereocenters. The number of anilines is 4. The lowest BCUT2D eigenvalue weighted by molar-refractivity contribution is -0.123. The van der Waals surface area contributed by atoms with Gasteiger partial charge in [0, 0.05) is 170 Å². The maximum Gasteiger partial charge on any atom is 0.263 e. The van der Waals surface area contributed by atoms with Gasteiger partial charge in [0.1, 0.15) is 25.8 Å². The first-order valence-electron chi connectivity index (χ1n) is 43.0. The number of aryl methyl sites for hydroxylation is 1. The Labute approximate surface area is 800 Å². The van der Waals surface area contributed by atoms with E-state index in [1.807, 2.05) is 128 Å². The van der Waals surface area contributed by atoms with Crippen LogP contribution in [0.3, 0.4) is 0 Å². The number of nitrogens with zero attached hydrogens (tertiary/aromatic N) is 7. The van der Waals surface area contributed by atoms with Crippen molar-refractivity contribution < 1.29 is 57.6 Å². The minimum absolute atomic E-state index is 0.0143. The second kappa shape index (κ2) is 42.6. The van der Waals surface area contributed by atoms with Crippen LogP contribution >= 0.6 is 119 Å². The molecule has 0 aliphatic carbocycles. The molecule has 21 rings (SSSR count). The van der Waals surface area contributed by atoms with E-state index in [1.54, 1.807) is 24.6 Å². The van der Waals surface area contributed by atoms with Crippen molar-refractivity contribution in [2.24, 2.45) is 0 Å². The summed E-state index contributed by atoms with van der Waals surface area (Å²) < 4.78 is 27.8. The Hall–Kier alpha value is -9.49. The fourth-order valence-corrected chi connectivity index (χ4v) is 24.9. The van der Waals surface area contributed by atoms with E-state index in [-0.39, 0.29) is 71.6 Å². The molecular formula is C95H94BrCl4N13O12S5. The van der Waals surface area contributed by atoms with Crippen LogP contribution in [0, 0.1) is 6.92 Å². The Morgan fingerprint density at radius 1 is 0.508 bits per heavy atom. The average Bonchev–Trinajstić information content (AvgIpc) is 1.59. The number of ether oxygens (including phenoxy) is 5. The van der Waals surface area contributed by atoms with Crippen molar-refractivity contribution in [2.75, 3.05) is 171 Å². The SMILES string of the molecule is COCCNC(=O)[C@@H]1NC(=O)c2sc(N3CCOCC3)cc2[C@H]1c1ccc(Cl)cc1.Cc1cc(-c2nc3c(s2)C(=O)NCC3c2ccc3ccccc3c2)ccn1.O=C1NCC(c2ccc(Cl)cc2)c2c1sc(N1CCOCC1)c2Br.O=C1NCC(c2ccc(Cl)cc2)c2c1sc(N1CCOCC1)c2CO.O=C1NCCC(c2ccc(Cl)cc2)c2nc(N3CCOCC3)sc21. The number of methoxy groups -OCH3 is 1. The van der Waals surface area contributed by atoms with Crippen molar-refractivity contribution in [1.29, 1.82) is 0 Å². The van der Waals surface area contributed by atoms with Crippen molar-refractivity contribution in [3.63, 3.8) is 0 Å². The molecule has 35 heteroatoms. The van der Waals surface area contributed by atoms with Crippen molar-refractivity contribution in [2.45, 2.75) is 55.6 Å². The summed E-state index contributed by atoms with van der Waals surface area (Å²) in [5.74, 6) is -0.499. The summed E-state index contributed by atoms with van der Waals surface area (Å²) in [7, 11) is 1.58. The molecule has 4 fully saturated rings. The number of rotatable bonds is 15. The Kier molecular flexibility index (Phi) is 30.3. The highest BCUT2D eigenvalue weighted by molar-refractivity contribution is 9.10. The normalized spacial score (nSPS) is 19.9. The molecule has 6 aromatic heterocycles. The van der Waals surface area contributed by atoms with Crippen LogP contribution in [0.25, 0.3) is 21.3 Å². The van der Waals surface area contributed by atoms with Crippen LogP contribution in [0.2, 0.25) is 20.1 Å². The first kappa shape index (κ1) is 92.4. The molecule has 0 bridgehead atoms. The molecular weight excluding hydrogens is 1900 g/mol. The number of hydrogen-bond acceptors (Lipinski definition) is 24. The van der Waals surface area contributed by atoms with Gasteiger partial charge in [-0.05, 0) is 146 Å². The van der Waals surface area contributed by atoms with E-state index in [9.17, 15) is 33.9 Å². The molecule has 9 aliphatic rings. The molecule has 0 radical (unpaired) electrons. The minimum atomic E-state index is -0.713. The molecule has 0 spiro atoms. The molecule has 7 N–H and O–H groups in total. The summed E-state index contributed by atoms with van der Waals surface area (Å²) >= 11 is 35.3. The highest BCUT2D eigenvalue weighted by Crippen LogP contribution is 2.50. The van der Waals surface area contributed by atoms with E-state index < -0.39 is 6.04 Å².